The fourth-order valence-corrected chi connectivity index (χ4v) is 0.758. The third-order valence-electron chi connectivity index (χ3n) is 1.28. The lowest BCUT2D eigenvalue weighted by atomic mass is 10.2. The summed E-state index contributed by atoms with van der Waals surface area (Å²) in [7, 11) is 0. The molecule has 1 aromatic carbocycles. The van der Waals surface area contributed by atoms with E-state index in [1.807, 2.05) is 30.3 Å². The molecule has 0 spiro atoms. The third kappa shape index (κ3) is 4.02. The Hall–Kier alpha value is -0.970. The maximum atomic E-state index is 5.29. The van der Waals surface area contributed by atoms with E-state index in [0.29, 0.717) is 6.54 Å². The lowest BCUT2D eigenvalue weighted by Gasteiger charge is -1.85. The molecule has 0 radical (unpaired) electrons. The highest BCUT2D eigenvalue weighted by molar-refractivity contribution is 5.85. The lowest BCUT2D eigenvalue weighted by Crippen LogP contribution is -1.95. The van der Waals surface area contributed by atoms with E-state index in [4.69, 9.17) is 5.73 Å². The fraction of sp³-hybridized carbons (Fsp3) is 0.200. The second kappa shape index (κ2) is 6.72. The van der Waals surface area contributed by atoms with Gasteiger partial charge in [-0.1, -0.05) is 30.0 Å². The first-order chi connectivity index (χ1) is 5.43. The van der Waals surface area contributed by atoms with Crippen LogP contribution in [0, 0.1) is 11.8 Å². The Labute approximate surface area is 79.4 Å². The molecule has 2 N–H and O–H groups in total. The topological polar surface area (TPSA) is 26.0 Å². The van der Waals surface area contributed by atoms with E-state index in [1.54, 1.807) is 0 Å². The van der Waals surface area contributed by atoms with Crippen LogP contribution in [-0.2, 0) is 0 Å². The molecular formula is C10H12ClN. The third-order valence-corrected chi connectivity index (χ3v) is 1.28. The molecule has 0 aromatic heterocycles. The minimum absolute atomic E-state index is 0. The first kappa shape index (κ1) is 11.0. The van der Waals surface area contributed by atoms with Gasteiger partial charge in [0.25, 0.3) is 0 Å². The number of halogens is 1. The van der Waals surface area contributed by atoms with Crippen LogP contribution in [0.5, 0.6) is 0 Å². The molecule has 0 unspecified atom stereocenters. The van der Waals surface area contributed by atoms with Gasteiger partial charge in [-0.15, -0.1) is 12.4 Å². The van der Waals surface area contributed by atoms with Gasteiger partial charge in [-0.05, 0) is 12.1 Å². The Balaban J connectivity index is 0.00000121. The lowest BCUT2D eigenvalue weighted by molar-refractivity contribution is 1.03. The van der Waals surface area contributed by atoms with E-state index in [-0.39, 0.29) is 12.4 Å². The van der Waals surface area contributed by atoms with Crippen molar-refractivity contribution in [3.05, 3.63) is 35.9 Å². The molecule has 0 saturated heterocycles. The van der Waals surface area contributed by atoms with Crippen molar-refractivity contribution in [1.29, 1.82) is 0 Å². The van der Waals surface area contributed by atoms with Gasteiger partial charge >= 0.3 is 0 Å². The Morgan fingerprint density at radius 3 is 2.42 bits per heavy atom. The summed E-state index contributed by atoms with van der Waals surface area (Å²) >= 11 is 0. The largest absolute Gasteiger partial charge is 0.330 e. The summed E-state index contributed by atoms with van der Waals surface area (Å²) in [6.45, 7) is 0.639. The molecule has 0 amide bonds. The maximum absolute atomic E-state index is 5.29. The van der Waals surface area contributed by atoms with Crippen LogP contribution in [0.25, 0.3) is 0 Å². The molecule has 0 bridgehead atoms. The molecule has 0 aliphatic rings. The van der Waals surface area contributed by atoms with Crippen LogP contribution in [0.1, 0.15) is 12.0 Å². The predicted octanol–water partition coefficient (Wildman–Crippen LogP) is 1.81. The SMILES string of the molecule is Cl.NCCC#Cc1ccccc1. The van der Waals surface area contributed by atoms with E-state index in [1.165, 1.54) is 0 Å². The smallest absolute Gasteiger partial charge is 0.0245 e. The normalized spacial score (nSPS) is 7.75. The molecule has 1 aromatic rings. The van der Waals surface area contributed by atoms with Crippen molar-refractivity contribution in [3.63, 3.8) is 0 Å². The Bertz CT molecular complexity index is 258. The molecule has 0 aliphatic carbocycles. The van der Waals surface area contributed by atoms with E-state index in [2.05, 4.69) is 11.8 Å². The molecule has 64 valence electrons. The van der Waals surface area contributed by atoms with Crippen LogP contribution < -0.4 is 5.73 Å². The second-order valence-electron chi connectivity index (χ2n) is 2.21. The quantitative estimate of drug-likeness (QED) is 0.658. The molecule has 12 heavy (non-hydrogen) atoms. The summed E-state index contributed by atoms with van der Waals surface area (Å²) in [4.78, 5) is 0. The maximum Gasteiger partial charge on any atom is 0.0245 e. The Morgan fingerprint density at radius 2 is 1.83 bits per heavy atom. The minimum Gasteiger partial charge on any atom is -0.330 e. The molecular weight excluding hydrogens is 170 g/mol. The van der Waals surface area contributed by atoms with Gasteiger partial charge in [0.15, 0.2) is 0 Å². The van der Waals surface area contributed by atoms with Gasteiger partial charge in [-0.2, -0.15) is 0 Å². The molecule has 0 saturated carbocycles. The molecule has 0 aliphatic heterocycles. The van der Waals surface area contributed by atoms with E-state index >= 15 is 0 Å². The summed E-state index contributed by atoms with van der Waals surface area (Å²) in [6.07, 6.45) is 0.773. The summed E-state index contributed by atoms with van der Waals surface area (Å²) in [5, 5.41) is 0. The zero-order valence-electron chi connectivity index (χ0n) is 6.79. The fourth-order valence-electron chi connectivity index (χ4n) is 0.758. The summed E-state index contributed by atoms with van der Waals surface area (Å²) < 4.78 is 0. The van der Waals surface area contributed by atoms with Crippen LogP contribution in [0.2, 0.25) is 0 Å². The average Bonchev–Trinajstić information content (AvgIpc) is 2.07. The van der Waals surface area contributed by atoms with Crippen molar-refractivity contribution in [2.24, 2.45) is 5.73 Å². The van der Waals surface area contributed by atoms with Crippen molar-refractivity contribution < 1.29 is 0 Å². The molecule has 0 heterocycles. The van der Waals surface area contributed by atoms with Crippen molar-refractivity contribution >= 4 is 12.4 Å². The summed E-state index contributed by atoms with van der Waals surface area (Å²) in [6, 6.07) is 9.92. The highest BCUT2D eigenvalue weighted by atomic mass is 35.5. The van der Waals surface area contributed by atoms with E-state index in [0.717, 1.165) is 12.0 Å². The average molecular weight is 182 g/mol. The molecule has 1 rings (SSSR count). The molecule has 2 heteroatoms. The van der Waals surface area contributed by atoms with Gasteiger partial charge in [0.05, 0.1) is 0 Å². The summed E-state index contributed by atoms with van der Waals surface area (Å²) in [5.41, 5.74) is 6.35. The highest BCUT2D eigenvalue weighted by Crippen LogP contribution is 1.94. The molecule has 0 fully saturated rings. The highest BCUT2D eigenvalue weighted by Gasteiger charge is 1.79. The monoisotopic (exact) mass is 181 g/mol. The van der Waals surface area contributed by atoms with Crippen LogP contribution in [0.4, 0.5) is 0 Å². The number of hydrogen-bond donors (Lipinski definition) is 1. The number of hydrogen-bond acceptors (Lipinski definition) is 1. The number of benzene rings is 1. The Kier molecular flexibility index (Phi) is 6.18. The van der Waals surface area contributed by atoms with Gasteiger partial charge in [-0.3, -0.25) is 0 Å². The van der Waals surface area contributed by atoms with Crippen molar-refractivity contribution in [1.82, 2.24) is 0 Å². The van der Waals surface area contributed by atoms with Gasteiger partial charge in [0, 0.05) is 18.5 Å². The zero-order chi connectivity index (χ0) is 7.94. The molecule has 1 nitrogen and oxygen atoms in total. The van der Waals surface area contributed by atoms with E-state index in [9.17, 15) is 0 Å². The van der Waals surface area contributed by atoms with Gasteiger partial charge < -0.3 is 5.73 Å². The van der Waals surface area contributed by atoms with E-state index < -0.39 is 0 Å². The first-order valence-electron chi connectivity index (χ1n) is 3.67. The minimum atomic E-state index is 0. The Morgan fingerprint density at radius 1 is 1.17 bits per heavy atom. The second-order valence-corrected chi connectivity index (χ2v) is 2.21. The zero-order valence-corrected chi connectivity index (χ0v) is 7.60. The van der Waals surface area contributed by atoms with Crippen LogP contribution >= 0.6 is 12.4 Å². The van der Waals surface area contributed by atoms with Crippen LogP contribution in [-0.4, -0.2) is 6.54 Å². The van der Waals surface area contributed by atoms with Crippen molar-refractivity contribution in [3.8, 4) is 11.8 Å². The van der Waals surface area contributed by atoms with Crippen LogP contribution in [0.15, 0.2) is 30.3 Å². The van der Waals surface area contributed by atoms with Gasteiger partial charge in [-0.25, -0.2) is 0 Å². The van der Waals surface area contributed by atoms with Gasteiger partial charge in [0.1, 0.15) is 0 Å². The standard InChI is InChI=1S/C10H11N.ClH/c11-9-5-4-8-10-6-2-1-3-7-10;/h1-3,6-7H,5,9,11H2;1H. The predicted molar refractivity (Wildman–Crippen MR) is 54.2 cm³/mol. The van der Waals surface area contributed by atoms with Crippen molar-refractivity contribution in [2.75, 3.05) is 6.54 Å². The molecule has 0 atom stereocenters. The summed E-state index contributed by atoms with van der Waals surface area (Å²) in [5.74, 6) is 5.99. The first-order valence-corrected chi connectivity index (χ1v) is 3.67. The number of nitrogens with two attached hydrogens (primary N) is 1. The number of rotatable bonds is 1. The van der Waals surface area contributed by atoms with Crippen LogP contribution in [0.3, 0.4) is 0 Å². The van der Waals surface area contributed by atoms with Gasteiger partial charge in [0.2, 0.25) is 0 Å². The van der Waals surface area contributed by atoms with Crippen molar-refractivity contribution in [2.45, 2.75) is 6.42 Å².